The number of nitrogens with zero attached hydrogens (tertiary/aromatic N) is 4. The Labute approximate surface area is 195 Å². The lowest BCUT2D eigenvalue weighted by molar-refractivity contribution is -0.137. The van der Waals surface area contributed by atoms with Crippen LogP contribution in [0, 0.1) is 5.92 Å². The Morgan fingerprint density at radius 1 is 1.09 bits per heavy atom. The Bertz CT molecular complexity index is 1160. The third-order valence-electron chi connectivity index (χ3n) is 6.54. The van der Waals surface area contributed by atoms with Crippen LogP contribution < -0.4 is 15.1 Å². The Kier molecular flexibility index (Phi) is 5.85. The van der Waals surface area contributed by atoms with E-state index in [4.69, 9.17) is 0 Å². The molecule has 5 rings (SSSR count). The molecule has 2 aliphatic rings. The molecule has 6 nitrogen and oxygen atoms in total. The fourth-order valence-electron chi connectivity index (χ4n) is 4.87. The van der Waals surface area contributed by atoms with Crippen molar-refractivity contribution in [3.8, 4) is 0 Å². The van der Waals surface area contributed by atoms with Gasteiger partial charge in [0.1, 0.15) is 5.82 Å². The van der Waals surface area contributed by atoms with E-state index in [-0.39, 0.29) is 18.4 Å². The number of hydrogen-bond acceptors (Lipinski definition) is 5. The van der Waals surface area contributed by atoms with Crippen LogP contribution in [0.1, 0.15) is 16.7 Å². The van der Waals surface area contributed by atoms with Crippen LogP contribution in [0.4, 0.5) is 24.7 Å². The number of piperazine rings is 1. The van der Waals surface area contributed by atoms with E-state index in [0.717, 1.165) is 23.1 Å². The van der Waals surface area contributed by atoms with Crippen molar-refractivity contribution in [3.05, 3.63) is 83.8 Å². The lowest BCUT2D eigenvalue weighted by atomic mass is 9.82. The molecular formula is C25H24F3N5O. The molecule has 2 aliphatic heterocycles. The molecule has 3 aromatic rings. The largest absolute Gasteiger partial charge is 0.416 e. The summed E-state index contributed by atoms with van der Waals surface area (Å²) in [5.41, 5.74) is 1.50. The molecule has 0 radical (unpaired) electrons. The smallest absolute Gasteiger partial charge is 0.364 e. The summed E-state index contributed by atoms with van der Waals surface area (Å²) >= 11 is 0. The lowest BCUT2D eigenvalue weighted by Gasteiger charge is -2.49. The van der Waals surface area contributed by atoms with Gasteiger partial charge in [0.15, 0.2) is 0 Å². The Morgan fingerprint density at radius 2 is 1.97 bits per heavy atom. The summed E-state index contributed by atoms with van der Waals surface area (Å²) in [7, 11) is 0. The van der Waals surface area contributed by atoms with Gasteiger partial charge in [-0.2, -0.15) is 13.2 Å². The van der Waals surface area contributed by atoms with Crippen molar-refractivity contribution < 1.29 is 18.0 Å². The highest BCUT2D eigenvalue weighted by Gasteiger charge is 2.43. The zero-order valence-corrected chi connectivity index (χ0v) is 18.4. The third kappa shape index (κ3) is 4.42. The van der Waals surface area contributed by atoms with Crippen LogP contribution in [-0.2, 0) is 23.9 Å². The molecule has 1 N–H and O–H groups in total. The van der Waals surface area contributed by atoms with Gasteiger partial charge in [-0.15, -0.1) is 0 Å². The van der Waals surface area contributed by atoms with Crippen LogP contribution in [-0.4, -0.2) is 41.6 Å². The molecule has 2 aromatic heterocycles. The molecule has 0 spiro atoms. The fourth-order valence-corrected chi connectivity index (χ4v) is 4.87. The van der Waals surface area contributed by atoms with Crippen LogP contribution in [0.25, 0.3) is 0 Å². The van der Waals surface area contributed by atoms with E-state index in [1.54, 1.807) is 30.7 Å². The number of alkyl halides is 3. The number of benzene rings is 1. The van der Waals surface area contributed by atoms with E-state index in [0.29, 0.717) is 31.7 Å². The average molecular weight is 467 g/mol. The molecule has 2 unspecified atom stereocenters. The number of aromatic nitrogens is 2. The van der Waals surface area contributed by atoms with Gasteiger partial charge < -0.3 is 15.1 Å². The maximum atomic E-state index is 13.4. The molecule has 176 valence electrons. The van der Waals surface area contributed by atoms with Crippen LogP contribution in [0.5, 0.6) is 0 Å². The van der Waals surface area contributed by atoms with E-state index in [1.807, 2.05) is 24.3 Å². The van der Waals surface area contributed by atoms with Gasteiger partial charge in [0, 0.05) is 50.5 Å². The summed E-state index contributed by atoms with van der Waals surface area (Å²) in [6, 6.07) is 13.0. The second-order valence-corrected chi connectivity index (χ2v) is 8.63. The van der Waals surface area contributed by atoms with Gasteiger partial charge in [0.05, 0.1) is 17.5 Å². The number of fused-ring (bicyclic) bond motifs is 3. The fraction of sp³-hybridized carbons (Fsp3) is 0.320. The van der Waals surface area contributed by atoms with Crippen molar-refractivity contribution in [3.63, 3.8) is 0 Å². The summed E-state index contributed by atoms with van der Waals surface area (Å²) in [5, 5.41) is 2.97. The predicted molar refractivity (Wildman–Crippen MR) is 122 cm³/mol. The number of anilines is 2. The highest BCUT2D eigenvalue weighted by Crippen LogP contribution is 2.40. The molecule has 4 heterocycles. The Hall–Kier alpha value is -3.62. The highest BCUT2D eigenvalue weighted by molar-refractivity contribution is 5.82. The first kappa shape index (κ1) is 22.2. The molecular weight excluding hydrogens is 443 g/mol. The minimum absolute atomic E-state index is 0.176. The predicted octanol–water partition coefficient (Wildman–Crippen LogP) is 3.68. The van der Waals surface area contributed by atoms with Crippen LogP contribution in [0.2, 0.25) is 0 Å². The SMILES string of the molecule is O=C(NCc1cccnc1)C1Cc2cc(C(F)(F)F)ccc2N2CCN(c3ccccn3)CC12. The van der Waals surface area contributed by atoms with Gasteiger partial charge in [-0.05, 0) is 53.9 Å². The lowest BCUT2D eigenvalue weighted by Crippen LogP contribution is -2.61. The van der Waals surface area contributed by atoms with Crippen molar-refractivity contribution in [1.29, 1.82) is 0 Å². The van der Waals surface area contributed by atoms with Crippen LogP contribution in [0.3, 0.4) is 0 Å². The number of carbonyl (C=O) groups is 1. The molecule has 1 aromatic carbocycles. The quantitative estimate of drug-likeness (QED) is 0.635. The van der Waals surface area contributed by atoms with Gasteiger partial charge >= 0.3 is 6.18 Å². The number of nitrogens with one attached hydrogen (secondary N) is 1. The minimum atomic E-state index is -4.43. The van der Waals surface area contributed by atoms with Crippen molar-refractivity contribution in [2.75, 3.05) is 29.4 Å². The maximum absolute atomic E-state index is 13.4. The van der Waals surface area contributed by atoms with Gasteiger partial charge in [-0.1, -0.05) is 12.1 Å². The topological polar surface area (TPSA) is 61.4 Å². The summed E-state index contributed by atoms with van der Waals surface area (Å²) in [5.74, 6) is 0.152. The first-order chi connectivity index (χ1) is 16.4. The van der Waals surface area contributed by atoms with Crippen molar-refractivity contribution >= 4 is 17.4 Å². The molecule has 2 atom stereocenters. The zero-order valence-electron chi connectivity index (χ0n) is 18.4. The van der Waals surface area contributed by atoms with Crippen LogP contribution in [0.15, 0.2) is 67.1 Å². The van der Waals surface area contributed by atoms with E-state index < -0.39 is 17.7 Å². The first-order valence-corrected chi connectivity index (χ1v) is 11.2. The maximum Gasteiger partial charge on any atom is 0.416 e. The molecule has 1 fully saturated rings. The van der Waals surface area contributed by atoms with E-state index in [9.17, 15) is 18.0 Å². The Balaban J connectivity index is 1.44. The first-order valence-electron chi connectivity index (χ1n) is 11.2. The van der Waals surface area contributed by atoms with E-state index in [2.05, 4.69) is 25.1 Å². The molecule has 1 saturated heterocycles. The van der Waals surface area contributed by atoms with Crippen molar-refractivity contribution in [1.82, 2.24) is 15.3 Å². The number of amides is 1. The summed E-state index contributed by atoms with van der Waals surface area (Å²) in [6.45, 7) is 2.13. The molecule has 0 bridgehead atoms. The van der Waals surface area contributed by atoms with Crippen molar-refractivity contribution in [2.45, 2.75) is 25.2 Å². The average Bonchev–Trinajstić information content (AvgIpc) is 2.86. The second kappa shape index (κ2) is 8.96. The zero-order chi connectivity index (χ0) is 23.7. The van der Waals surface area contributed by atoms with Crippen LogP contribution >= 0.6 is 0 Å². The minimum Gasteiger partial charge on any atom is -0.364 e. The summed E-state index contributed by atoms with van der Waals surface area (Å²) < 4.78 is 40.1. The Morgan fingerprint density at radius 3 is 2.71 bits per heavy atom. The van der Waals surface area contributed by atoms with Gasteiger partial charge in [-0.3, -0.25) is 9.78 Å². The highest BCUT2D eigenvalue weighted by atomic mass is 19.4. The number of halogens is 3. The normalized spacial score (nSPS) is 19.9. The van der Waals surface area contributed by atoms with E-state index in [1.165, 1.54) is 6.07 Å². The van der Waals surface area contributed by atoms with Gasteiger partial charge in [0.25, 0.3) is 0 Å². The monoisotopic (exact) mass is 467 g/mol. The molecule has 1 amide bonds. The summed E-state index contributed by atoms with van der Waals surface area (Å²) in [6.07, 6.45) is 0.890. The molecule has 0 aliphatic carbocycles. The molecule has 9 heteroatoms. The summed E-state index contributed by atoms with van der Waals surface area (Å²) in [4.78, 5) is 26.1. The molecule has 0 saturated carbocycles. The second-order valence-electron chi connectivity index (χ2n) is 8.63. The number of carbonyl (C=O) groups excluding carboxylic acids is 1. The third-order valence-corrected chi connectivity index (χ3v) is 6.54. The molecule has 34 heavy (non-hydrogen) atoms. The van der Waals surface area contributed by atoms with Crippen molar-refractivity contribution in [2.24, 2.45) is 5.92 Å². The number of rotatable bonds is 4. The number of pyridine rings is 2. The number of hydrogen-bond donors (Lipinski definition) is 1. The standard InChI is InChI=1S/C25H24F3N5O/c26-25(27,28)19-6-7-21-18(12-19)13-20(24(34)31-15-17-4-3-8-29-14-17)22-16-32(10-11-33(21)22)23-5-1-2-9-30-23/h1-9,12,14,20,22H,10-11,13,15-16H2,(H,31,34). The van der Waals surface area contributed by atoms with Gasteiger partial charge in [-0.25, -0.2) is 4.98 Å². The van der Waals surface area contributed by atoms with Gasteiger partial charge in [0.2, 0.25) is 5.91 Å². The van der Waals surface area contributed by atoms with E-state index >= 15 is 0 Å².